The molecular formula is C15H29N3O4S. The number of carboxylic acid groups (broad SMARTS) is 1. The Morgan fingerprint density at radius 1 is 1.13 bits per heavy atom. The summed E-state index contributed by atoms with van der Waals surface area (Å²) in [6, 6.07) is 0.141. The van der Waals surface area contributed by atoms with Gasteiger partial charge >= 0.3 is 5.97 Å². The molecule has 1 saturated carbocycles. The second-order valence-corrected chi connectivity index (χ2v) is 8.54. The molecule has 2 aliphatic rings. The normalized spacial score (nSPS) is 22.5. The Kier molecular flexibility index (Phi) is 6.82. The number of hydrogen-bond acceptors (Lipinski definition) is 4. The summed E-state index contributed by atoms with van der Waals surface area (Å²) < 4.78 is 28.7. The van der Waals surface area contributed by atoms with Crippen molar-refractivity contribution in [3.05, 3.63) is 0 Å². The van der Waals surface area contributed by atoms with Crippen molar-refractivity contribution in [2.45, 2.75) is 51.0 Å². The third kappa shape index (κ3) is 5.14. The molecule has 1 saturated heterocycles. The quantitative estimate of drug-likeness (QED) is 0.742. The zero-order valence-electron chi connectivity index (χ0n) is 14.0. The van der Waals surface area contributed by atoms with Gasteiger partial charge in [-0.3, -0.25) is 4.79 Å². The van der Waals surface area contributed by atoms with Crippen LogP contribution in [-0.2, 0) is 15.0 Å². The molecule has 0 atom stereocenters. The highest BCUT2D eigenvalue weighted by Gasteiger charge is 2.34. The third-order valence-corrected chi connectivity index (χ3v) is 7.02. The minimum absolute atomic E-state index is 0.141. The highest BCUT2D eigenvalue weighted by molar-refractivity contribution is 7.86. The van der Waals surface area contributed by atoms with Gasteiger partial charge in [0.15, 0.2) is 0 Å². The minimum atomic E-state index is -3.37. The molecule has 1 heterocycles. The summed E-state index contributed by atoms with van der Waals surface area (Å²) in [6.07, 6.45) is 6.14. The molecule has 8 heteroatoms. The minimum Gasteiger partial charge on any atom is -0.481 e. The van der Waals surface area contributed by atoms with Crippen molar-refractivity contribution in [1.82, 2.24) is 13.5 Å². The van der Waals surface area contributed by atoms with Gasteiger partial charge in [-0.25, -0.2) is 0 Å². The fourth-order valence-corrected chi connectivity index (χ4v) is 5.03. The molecule has 0 unspecified atom stereocenters. The summed E-state index contributed by atoms with van der Waals surface area (Å²) in [5, 5.41) is 8.66. The third-order valence-electron chi connectivity index (χ3n) is 4.98. The molecule has 0 aromatic rings. The lowest BCUT2D eigenvalue weighted by Crippen LogP contribution is -2.54. The molecule has 0 spiro atoms. The number of rotatable bonds is 7. The molecule has 7 nitrogen and oxygen atoms in total. The summed E-state index contributed by atoms with van der Waals surface area (Å²) >= 11 is 0. The first-order chi connectivity index (χ1) is 10.9. The van der Waals surface area contributed by atoms with Gasteiger partial charge in [0.05, 0.1) is 0 Å². The van der Waals surface area contributed by atoms with E-state index in [0.717, 1.165) is 32.2 Å². The highest BCUT2D eigenvalue weighted by Crippen LogP contribution is 2.25. The van der Waals surface area contributed by atoms with E-state index in [-0.39, 0.29) is 12.5 Å². The summed E-state index contributed by atoms with van der Waals surface area (Å²) in [5.41, 5.74) is 0. The Labute approximate surface area is 139 Å². The molecule has 1 N–H and O–H groups in total. The van der Waals surface area contributed by atoms with Crippen LogP contribution < -0.4 is 0 Å². The maximum Gasteiger partial charge on any atom is 0.303 e. The van der Waals surface area contributed by atoms with Crippen LogP contribution in [0.25, 0.3) is 0 Å². The summed E-state index contributed by atoms with van der Waals surface area (Å²) in [7, 11) is -1.66. The topological polar surface area (TPSA) is 81.2 Å². The van der Waals surface area contributed by atoms with E-state index in [4.69, 9.17) is 5.11 Å². The zero-order valence-corrected chi connectivity index (χ0v) is 14.8. The van der Waals surface area contributed by atoms with Crippen molar-refractivity contribution < 1.29 is 18.3 Å². The number of hydrogen-bond donors (Lipinski definition) is 1. The smallest absolute Gasteiger partial charge is 0.303 e. The van der Waals surface area contributed by atoms with Crippen LogP contribution in [0.5, 0.6) is 0 Å². The second kappa shape index (κ2) is 8.41. The van der Waals surface area contributed by atoms with Gasteiger partial charge in [-0.05, 0) is 25.8 Å². The molecule has 0 aromatic carbocycles. The average Bonchev–Trinajstić information content (AvgIpc) is 2.55. The van der Waals surface area contributed by atoms with Crippen LogP contribution in [0.3, 0.4) is 0 Å². The highest BCUT2D eigenvalue weighted by atomic mass is 32.2. The van der Waals surface area contributed by atoms with Crippen LogP contribution in [-0.4, -0.2) is 78.8 Å². The van der Waals surface area contributed by atoms with Crippen molar-refractivity contribution in [3.8, 4) is 0 Å². The van der Waals surface area contributed by atoms with Crippen molar-refractivity contribution in [1.29, 1.82) is 0 Å². The van der Waals surface area contributed by atoms with Gasteiger partial charge in [0, 0.05) is 45.7 Å². The lowest BCUT2D eigenvalue weighted by Gasteiger charge is -2.38. The molecule has 0 amide bonds. The fourth-order valence-electron chi connectivity index (χ4n) is 3.45. The molecule has 0 radical (unpaired) electrons. The van der Waals surface area contributed by atoms with E-state index in [2.05, 4.69) is 4.90 Å². The molecule has 0 aromatic heterocycles. The molecule has 134 valence electrons. The second-order valence-electron chi connectivity index (χ2n) is 6.55. The van der Waals surface area contributed by atoms with Crippen LogP contribution >= 0.6 is 0 Å². The maximum atomic E-state index is 12.8. The molecule has 0 bridgehead atoms. The van der Waals surface area contributed by atoms with Gasteiger partial charge in [0.1, 0.15) is 0 Å². The van der Waals surface area contributed by atoms with Crippen molar-refractivity contribution in [2.75, 3.05) is 39.8 Å². The Bertz CT molecular complexity index is 483. The van der Waals surface area contributed by atoms with Gasteiger partial charge in [-0.15, -0.1) is 0 Å². The number of carbonyl (C=O) groups is 1. The van der Waals surface area contributed by atoms with Gasteiger partial charge in [-0.2, -0.15) is 17.0 Å². The van der Waals surface area contributed by atoms with Crippen LogP contribution in [0.4, 0.5) is 0 Å². The monoisotopic (exact) mass is 347 g/mol. The molecular weight excluding hydrogens is 318 g/mol. The van der Waals surface area contributed by atoms with Crippen LogP contribution in [0.1, 0.15) is 44.9 Å². The maximum absolute atomic E-state index is 12.8. The fraction of sp³-hybridized carbons (Fsp3) is 0.933. The predicted molar refractivity (Wildman–Crippen MR) is 88.4 cm³/mol. The number of aliphatic carboxylic acids is 1. The van der Waals surface area contributed by atoms with Crippen LogP contribution in [0.2, 0.25) is 0 Å². The predicted octanol–water partition coefficient (Wildman–Crippen LogP) is 0.978. The van der Waals surface area contributed by atoms with Crippen molar-refractivity contribution in [2.24, 2.45) is 0 Å². The summed E-state index contributed by atoms with van der Waals surface area (Å²) in [4.78, 5) is 12.7. The Morgan fingerprint density at radius 3 is 2.30 bits per heavy atom. The first-order valence-electron chi connectivity index (χ1n) is 8.58. The SMILES string of the molecule is CN(C1CCCCC1)S(=O)(=O)N1CCN(CCCC(=O)O)CC1. The van der Waals surface area contributed by atoms with Crippen molar-refractivity contribution >= 4 is 16.2 Å². The van der Waals surface area contributed by atoms with Gasteiger partial charge in [-0.1, -0.05) is 19.3 Å². The largest absolute Gasteiger partial charge is 0.481 e. The molecule has 23 heavy (non-hydrogen) atoms. The number of carboxylic acids is 1. The van der Waals surface area contributed by atoms with Gasteiger partial charge in [0.25, 0.3) is 10.2 Å². The molecule has 1 aliphatic heterocycles. The first-order valence-corrected chi connectivity index (χ1v) is 9.98. The van der Waals surface area contributed by atoms with Crippen molar-refractivity contribution in [3.63, 3.8) is 0 Å². The molecule has 2 fully saturated rings. The lowest BCUT2D eigenvalue weighted by molar-refractivity contribution is -0.137. The number of nitrogens with zero attached hydrogens (tertiary/aromatic N) is 3. The Morgan fingerprint density at radius 2 is 1.74 bits per heavy atom. The van der Waals surface area contributed by atoms with E-state index in [1.165, 1.54) is 6.42 Å². The van der Waals surface area contributed by atoms with Gasteiger partial charge in [0.2, 0.25) is 0 Å². The molecule has 1 aliphatic carbocycles. The summed E-state index contributed by atoms with van der Waals surface area (Å²) in [6.45, 7) is 3.06. The molecule has 2 rings (SSSR count). The van der Waals surface area contributed by atoms with E-state index in [1.807, 2.05) is 0 Å². The van der Waals surface area contributed by atoms with E-state index in [9.17, 15) is 13.2 Å². The Hall–Kier alpha value is -0.700. The number of piperazine rings is 1. The van der Waals surface area contributed by atoms with Crippen LogP contribution in [0, 0.1) is 0 Å². The van der Waals surface area contributed by atoms with Crippen LogP contribution in [0.15, 0.2) is 0 Å². The first kappa shape index (κ1) is 18.6. The van der Waals surface area contributed by atoms with E-state index < -0.39 is 16.2 Å². The summed E-state index contributed by atoms with van der Waals surface area (Å²) in [5.74, 6) is -0.777. The lowest BCUT2D eigenvalue weighted by atomic mass is 9.96. The average molecular weight is 347 g/mol. The Balaban J connectivity index is 1.81. The zero-order chi connectivity index (χ0) is 16.9. The van der Waals surface area contributed by atoms with E-state index >= 15 is 0 Å². The standard InChI is InChI=1S/C15H29N3O4S/c1-16(14-6-3-2-4-7-14)23(21,22)18-12-10-17(11-13-18)9-5-8-15(19)20/h14H,2-13H2,1H3,(H,19,20). The van der Waals surface area contributed by atoms with E-state index in [1.54, 1.807) is 15.7 Å². The van der Waals surface area contributed by atoms with E-state index in [0.29, 0.717) is 32.6 Å². The van der Waals surface area contributed by atoms with Gasteiger partial charge < -0.3 is 10.0 Å².